The summed E-state index contributed by atoms with van der Waals surface area (Å²) in [5.74, 6) is 1.39. The average Bonchev–Trinajstić information content (AvgIpc) is 2.76. The molecule has 3 atom stereocenters. The molecule has 0 heterocycles. The zero-order chi connectivity index (χ0) is 22.8. The van der Waals surface area contributed by atoms with Crippen LogP contribution < -0.4 is 10.6 Å². The van der Waals surface area contributed by atoms with E-state index in [2.05, 4.69) is 87.7 Å². The minimum absolute atomic E-state index is 0.335. The van der Waals surface area contributed by atoms with Gasteiger partial charge in [0.25, 0.3) is 0 Å². The normalized spacial score (nSPS) is 27.2. The molecular weight excluding hydrogens is 388 g/mol. The number of hydrogen-bond acceptors (Lipinski definition) is 2. The molecule has 32 heavy (non-hydrogen) atoms. The molecule has 2 aromatic carbocycles. The lowest BCUT2D eigenvalue weighted by Gasteiger charge is -2.55. The Kier molecular flexibility index (Phi) is 7.12. The Morgan fingerprint density at radius 1 is 1.00 bits per heavy atom. The molecule has 2 aliphatic carbocycles. The van der Waals surface area contributed by atoms with Gasteiger partial charge in [-0.2, -0.15) is 0 Å². The summed E-state index contributed by atoms with van der Waals surface area (Å²) in [6, 6.07) is 16.2. The van der Waals surface area contributed by atoms with E-state index in [9.17, 15) is 0 Å². The van der Waals surface area contributed by atoms with E-state index < -0.39 is 0 Å². The van der Waals surface area contributed by atoms with Crippen LogP contribution in [0.5, 0.6) is 0 Å². The summed E-state index contributed by atoms with van der Waals surface area (Å²) in [6.45, 7) is 16.1. The van der Waals surface area contributed by atoms with Gasteiger partial charge in [0.15, 0.2) is 0 Å². The Hall–Kier alpha value is -1.64. The van der Waals surface area contributed by atoms with Crippen LogP contribution in [0.1, 0.15) is 87.1 Å². The molecule has 0 aliphatic heterocycles. The van der Waals surface area contributed by atoms with Gasteiger partial charge in [-0.15, -0.1) is 0 Å². The summed E-state index contributed by atoms with van der Waals surface area (Å²) in [6.07, 6.45) is 6.65. The largest absolute Gasteiger partial charge is 0.315 e. The van der Waals surface area contributed by atoms with Gasteiger partial charge in [0.05, 0.1) is 0 Å². The van der Waals surface area contributed by atoms with Gasteiger partial charge in [0.2, 0.25) is 0 Å². The van der Waals surface area contributed by atoms with Crippen LogP contribution in [0.15, 0.2) is 42.5 Å². The number of benzene rings is 2. The van der Waals surface area contributed by atoms with Crippen LogP contribution >= 0.6 is 0 Å². The standard InChI is InChI=1S/C30H44N2/c1-22(2)25-10-12-27-26(19-25)11-13-28-29(4,14-7-15-30(27,28)5)21-32-17-16-31-20-24-9-6-8-23(3)18-24/h6,8-10,12,18-19,22,28,31-32H,7,11,13-17,20-21H2,1-5H3/t28-,29-,30+/m0/s1. The quantitative estimate of drug-likeness (QED) is 0.465. The van der Waals surface area contributed by atoms with Gasteiger partial charge in [0, 0.05) is 26.2 Å². The summed E-state index contributed by atoms with van der Waals surface area (Å²) in [5.41, 5.74) is 8.23. The van der Waals surface area contributed by atoms with Crippen molar-refractivity contribution in [1.29, 1.82) is 0 Å². The molecule has 2 N–H and O–H groups in total. The highest BCUT2D eigenvalue weighted by atomic mass is 14.9. The van der Waals surface area contributed by atoms with E-state index in [0.717, 1.165) is 32.1 Å². The van der Waals surface area contributed by atoms with E-state index in [-0.39, 0.29) is 0 Å². The summed E-state index contributed by atoms with van der Waals surface area (Å²) in [4.78, 5) is 0. The van der Waals surface area contributed by atoms with Crippen molar-refractivity contribution in [3.05, 3.63) is 70.3 Å². The van der Waals surface area contributed by atoms with Gasteiger partial charge < -0.3 is 10.6 Å². The summed E-state index contributed by atoms with van der Waals surface area (Å²) in [5, 5.41) is 7.44. The zero-order valence-electron chi connectivity index (χ0n) is 21.1. The third-order valence-electron chi connectivity index (χ3n) is 8.59. The molecule has 2 aliphatic rings. The lowest BCUT2D eigenvalue weighted by atomic mass is 9.49. The van der Waals surface area contributed by atoms with Crippen molar-refractivity contribution in [2.75, 3.05) is 19.6 Å². The van der Waals surface area contributed by atoms with Gasteiger partial charge in [-0.25, -0.2) is 0 Å². The van der Waals surface area contributed by atoms with Crippen LogP contribution in [0.4, 0.5) is 0 Å². The van der Waals surface area contributed by atoms with Gasteiger partial charge in [-0.3, -0.25) is 0 Å². The summed E-state index contributed by atoms with van der Waals surface area (Å²) < 4.78 is 0. The highest BCUT2D eigenvalue weighted by Gasteiger charge is 2.51. The van der Waals surface area contributed by atoms with E-state index in [4.69, 9.17) is 0 Å². The van der Waals surface area contributed by atoms with Crippen LogP contribution in [0.3, 0.4) is 0 Å². The average molecular weight is 433 g/mol. The maximum absolute atomic E-state index is 3.83. The van der Waals surface area contributed by atoms with Crippen molar-refractivity contribution in [3.63, 3.8) is 0 Å². The lowest BCUT2D eigenvalue weighted by Crippen LogP contribution is -2.53. The van der Waals surface area contributed by atoms with Crippen molar-refractivity contribution < 1.29 is 0 Å². The molecule has 0 spiro atoms. The van der Waals surface area contributed by atoms with E-state index in [0.29, 0.717) is 16.7 Å². The van der Waals surface area contributed by atoms with E-state index in [1.165, 1.54) is 48.8 Å². The van der Waals surface area contributed by atoms with Crippen LogP contribution in [-0.4, -0.2) is 19.6 Å². The van der Waals surface area contributed by atoms with Gasteiger partial charge in [-0.05, 0) is 77.5 Å². The molecule has 0 unspecified atom stereocenters. The first kappa shape index (κ1) is 23.5. The van der Waals surface area contributed by atoms with Crippen molar-refractivity contribution in [2.24, 2.45) is 11.3 Å². The summed E-state index contributed by atoms with van der Waals surface area (Å²) >= 11 is 0. The number of nitrogens with one attached hydrogen (secondary N) is 2. The first-order valence-corrected chi connectivity index (χ1v) is 12.9. The Bertz CT molecular complexity index is 917. The first-order chi connectivity index (χ1) is 15.3. The van der Waals surface area contributed by atoms with Crippen LogP contribution in [0, 0.1) is 18.3 Å². The Labute approximate surface area is 196 Å². The smallest absolute Gasteiger partial charge is 0.0206 e. The maximum atomic E-state index is 3.83. The zero-order valence-corrected chi connectivity index (χ0v) is 21.1. The summed E-state index contributed by atoms with van der Waals surface area (Å²) in [7, 11) is 0. The number of rotatable bonds is 8. The minimum Gasteiger partial charge on any atom is -0.315 e. The predicted molar refractivity (Wildman–Crippen MR) is 137 cm³/mol. The molecule has 0 aromatic heterocycles. The Balaban J connectivity index is 1.34. The first-order valence-electron chi connectivity index (χ1n) is 12.9. The third kappa shape index (κ3) is 4.82. The van der Waals surface area contributed by atoms with Crippen LogP contribution in [0.2, 0.25) is 0 Å². The number of aryl methyl sites for hydroxylation is 2. The fourth-order valence-electron chi connectivity index (χ4n) is 6.82. The monoisotopic (exact) mass is 432 g/mol. The van der Waals surface area contributed by atoms with Crippen molar-refractivity contribution in [1.82, 2.24) is 10.6 Å². The SMILES string of the molecule is Cc1cccc(CNCCNC[C@]2(C)CCC[C@]3(C)c4ccc(C(C)C)cc4CC[C@@H]23)c1. The molecule has 2 heteroatoms. The fraction of sp³-hybridized carbons (Fsp3) is 0.600. The van der Waals surface area contributed by atoms with Crippen LogP contribution in [-0.2, 0) is 18.4 Å². The molecular formula is C30H44N2. The molecule has 0 radical (unpaired) electrons. The fourth-order valence-corrected chi connectivity index (χ4v) is 6.82. The second-order valence-electron chi connectivity index (χ2n) is 11.4. The molecule has 0 bridgehead atoms. The van der Waals surface area contributed by atoms with Gasteiger partial charge in [-0.1, -0.05) is 82.1 Å². The molecule has 4 rings (SSSR count). The van der Waals surface area contributed by atoms with Crippen molar-refractivity contribution in [3.8, 4) is 0 Å². The molecule has 0 saturated heterocycles. The molecule has 1 fully saturated rings. The highest BCUT2D eigenvalue weighted by molar-refractivity contribution is 5.42. The molecule has 0 amide bonds. The Morgan fingerprint density at radius 2 is 1.81 bits per heavy atom. The molecule has 2 aromatic rings. The molecule has 2 nitrogen and oxygen atoms in total. The minimum atomic E-state index is 0.335. The lowest BCUT2D eigenvalue weighted by molar-refractivity contribution is 0.0261. The predicted octanol–water partition coefficient (Wildman–Crippen LogP) is 6.51. The van der Waals surface area contributed by atoms with Crippen molar-refractivity contribution in [2.45, 2.75) is 84.6 Å². The topological polar surface area (TPSA) is 24.1 Å². The van der Waals surface area contributed by atoms with E-state index in [1.54, 1.807) is 11.1 Å². The second kappa shape index (κ2) is 9.69. The van der Waals surface area contributed by atoms with Gasteiger partial charge >= 0.3 is 0 Å². The van der Waals surface area contributed by atoms with Crippen molar-refractivity contribution >= 4 is 0 Å². The van der Waals surface area contributed by atoms with Gasteiger partial charge in [0.1, 0.15) is 0 Å². The van der Waals surface area contributed by atoms with E-state index >= 15 is 0 Å². The maximum Gasteiger partial charge on any atom is 0.0206 e. The van der Waals surface area contributed by atoms with Crippen LogP contribution in [0.25, 0.3) is 0 Å². The third-order valence-corrected chi connectivity index (χ3v) is 8.59. The highest BCUT2D eigenvalue weighted by Crippen LogP contribution is 2.57. The van der Waals surface area contributed by atoms with E-state index in [1.807, 2.05) is 0 Å². The molecule has 1 saturated carbocycles. The molecule has 174 valence electrons. The Morgan fingerprint density at radius 3 is 2.59 bits per heavy atom. The second-order valence-corrected chi connectivity index (χ2v) is 11.4. The number of fused-ring (bicyclic) bond motifs is 3. The number of hydrogen-bond donors (Lipinski definition) is 2.